The van der Waals surface area contributed by atoms with Crippen LogP contribution in [0.1, 0.15) is 47.7 Å². The minimum Gasteiger partial charge on any atom is -0.496 e. The SMILES string of the molecule is C=C(C)COc1cccc([C@H]2C3=C(C[C@@H](C)[C@]4(Oc5c(Cl)c(OC)cc(OC)c5C4=O)C3=O)Nc3c2c(=O)n(C)c(=O)n3C)c1. The van der Waals surface area contributed by atoms with Crippen LogP contribution in [0.2, 0.25) is 5.02 Å². The van der Waals surface area contributed by atoms with Crippen LogP contribution >= 0.6 is 11.6 Å². The molecule has 1 spiro atoms. The molecule has 0 saturated carbocycles. The quantitative estimate of drug-likeness (QED) is 0.315. The highest BCUT2D eigenvalue weighted by atomic mass is 35.5. The third kappa shape index (κ3) is 4.24. The van der Waals surface area contributed by atoms with Crippen molar-refractivity contribution < 1.29 is 28.5 Å². The average Bonchev–Trinajstić information content (AvgIpc) is 3.34. The van der Waals surface area contributed by atoms with E-state index in [4.69, 9.17) is 30.5 Å². The maximum atomic E-state index is 15.0. The number of hydrogen-bond acceptors (Lipinski definition) is 9. The lowest BCUT2D eigenvalue weighted by molar-refractivity contribution is -0.130. The second-order valence-electron chi connectivity index (χ2n) is 11.6. The molecule has 0 saturated heterocycles. The van der Waals surface area contributed by atoms with Gasteiger partial charge >= 0.3 is 5.69 Å². The molecule has 2 aliphatic heterocycles. The van der Waals surface area contributed by atoms with E-state index < -0.39 is 40.3 Å². The number of nitrogens with zero attached hydrogens (tertiary/aromatic N) is 2. The molecule has 3 atom stereocenters. The molecule has 0 bridgehead atoms. The second kappa shape index (κ2) is 10.7. The Morgan fingerprint density at radius 2 is 1.80 bits per heavy atom. The van der Waals surface area contributed by atoms with Gasteiger partial charge in [0.05, 0.1) is 19.8 Å². The summed E-state index contributed by atoms with van der Waals surface area (Å²) in [5.41, 5.74) is -0.869. The van der Waals surface area contributed by atoms with Crippen LogP contribution in [-0.2, 0) is 18.9 Å². The number of carbonyl (C=O) groups excluding carboxylic acids is 2. The molecule has 6 rings (SSSR count). The van der Waals surface area contributed by atoms with Gasteiger partial charge in [-0.2, -0.15) is 0 Å². The van der Waals surface area contributed by atoms with Crippen LogP contribution in [-0.4, -0.2) is 47.1 Å². The van der Waals surface area contributed by atoms with Crippen LogP contribution < -0.4 is 35.5 Å². The number of ether oxygens (including phenoxy) is 4. The first-order valence-corrected chi connectivity index (χ1v) is 14.6. The molecule has 0 radical (unpaired) electrons. The average molecular weight is 634 g/mol. The zero-order valence-corrected chi connectivity index (χ0v) is 26.5. The number of Topliss-reactive ketones (excluding diaryl/α,β-unsaturated/α-hetero) is 2. The maximum Gasteiger partial charge on any atom is 0.332 e. The van der Waals surface area contributed by atoms with Crippen LogP contribution in [0.25, 0.3) is 0 Å². The lowest BCUT2D eigenvalue weighted by atomic mass is 9.66. The Hall–Kier alpha value is -4.77. The normalized spacial score (nSPS) is 21.5. The third-order valence-electron chi connectivity index (χ3n) is 8.75. The van der Waals surface area contributed by atoms with Crippen molar-refractivity contribution in [2.24, 2.45) is 20.0 Å². The summed E-state index contributed by atoms with van der Waals surface area (Å²) in [5, 5.41) is 3.25. The zero-order chi connectivity index (χ0) is 32.5. The summed E-state index contributed by atoms with van der Waals surface area (Å²) in [5.74, 6) is -1.74. The largest absolute Gasteiger partial charge is 0.496 e. The summed E-state index contributed by atoms with van der Waals surface area (Å²) in [6, 6.07) is 8.51. The van der Waals surface area contributed by atoms with Crippen LogP contribution in [0, 0.1) is 5.92 Å². The number of halogens is 1. The Morgan fingerprint density at radius 3 is 2.47 bits per heavy atom. The molecule has 234 valence electrons. The van der Waals surface area contributed by atoms with E-state index in [9.17, 15) is 14.4 Å². The van der Waals surface area contributed by atoms with E-state index in [1.807, 2.05) is 6.92 Å². The lowest BCUT2D eigenvalue weighted by Gasteiger charge is -2.42. The van der Waals surface area contributed by atoms with Crippen molar-refractivity contribution in [1.29, 1.82) is 0 Å². The zero-order valence-electron chi connectivity index (χ0n) is 25.7. The van der Waals surface area contributed by atoms with Crippen LogP contribution in [0.3, 0.4) is 0 Å². The first kappa shape index (κ1) is 30.3. The van der Waals surface area contributed by atoms with E-state index in [2.05, 4.69) is 11.9 Å². The summed E-state index contributed by atoms with van der Waals surface area (Å²) < 4.78 is 25.5. The molecule has 45 heavy (non-hydrogen) atoms. The number of allylic oxidation sites excluding steroid dienone is 1. The Labute approximate surface area is 263 Å². The highest BCUT2D eigenvalue weighted by Gasteiger charge is 2.63. The van der Waals surface area contributed by atoms with Gasteiger partial charge in [0.2, 0.25) is 17.2 Å². The fraction of sp³-hybridized carbons (Fsp3) is 0.333. The molecule has 1 N–H and O–H groups in total. The van der Waals surface area contributed by atoms with E-state index in [-0.39, 0.29) is 57.8 Å². The van der Waals surface area contributed by atoms with E-state index in [1.165, 1.54) is 31.9 Å². The van der Waals surface area contributed by atoms with Crippen LogP contribution in [0.5, 0.6) is 23.0 Å². The van der Waals surface area contributed by atoms with Crippen LogP contribution in [0.4, 0.5) is 5.82 Å². The minimum absolute atomic E-state index is 0.00339. The molecule has 0 fully saturated rings. The molecule has 3 aliphatic rings. The van der Waals surface area contributed by atoms with Gasteiger partial charge in [-0.1, -0.05) is 37.2 Å². The van der Waals surface area contributed by atoms with Gasteiger partial charge in [0.15, 0.2) is 5.75 Å². The highest BCUT2D eigenvalue weighted by molar-refractivity contribution is 6.36. The number of ketones is 2. The van der Waals surface area contributed by atoms with Crippen molar-refractivity contribution in [1.82, 2.24) is 9.13 Å². The molecule has 0 unspecified atom stereocenters. The topological polar surface area (TPSA) is 127 Å². The predicted molar refractivity (Wildman–Crippen MR) is 167 cm³/mol. The van der Waals surface area contributed by atoms with Gasteiger partial charge in [0.25, 0.3) is 5.56 Å². The number of nitrogens with one attached hydrogen (secondary N) is 1. The Morgan fingerprint density at radius 1 is 1.09 bits per heavy atom. The molecule has 11 nitrogen and oxygen atoms in total. The van der Waals surface area contributed by atoms with Gasteiger partial charge in [0, 0.05) is 43.3 Å². The first-order chi connectivity index (χ1) is 21.4. The number of fused-ring (bicyclic) bond motifs is 2. The van der Waals surface area contributed by atoms with E-state index in [0.29, 0.717) is 17.0 Å². The Balaban J connectivity index is 1.59. The third-order valence-corrected chi connectivity index (χ3v) is 9.11. The monoisotopic (exact) mass is 633 g/mol. The van der Waals surface area contributed by atoms with Gasteiger partial charge in [0.1, 0.15) is 40.3 Å². The molecular formula is C33H32ClN3O8. The standard InChI is InChI=1S/C33H32ClN3O8/c1-15(2)14-44-18-10-8-9-17(12-18)22-23-19(35-30-25(22)31(40)37(5)32(41)36(30)4)11-16(3)33(28(23)38)29(39)24-20(42-6)13-21(43-7)26(34)27(24)45-33/h8-10,12-13,16,22,35H,1,11,14H2,2-7H3/t16-,22+,33+/m1/s1. The summed E-state index contributed by atoms with van der Waals surface area (Å²) >= 11 is 6.63. The molecule has 12 heteroatoms. The van der Waals surface area contributed by atoms with Crippen molar-refractivity contribution in [3.05, 3.63) is 96.3 Å². The number of rotatable bonds is 6. The van der Waals surface area contributed by atoms with E-state index in [0.717, 1.165) is 10.1 Å². The number of anilines is 1. The first-order valence-electron chi connectivity index (χ1n) is 14.3. The number of hydrogen-bond donors (Lipinski definition) is 1. The Kier molecular flexibility index (Phi) is 7.19. The van der Waals surface area contributed by atoms with E-state index in [1.54, 1.807) is 38.2 Å². The molecule has 1 aromatic heterocycles. The molecule has 3 aromatic rings. The highest BCUT2D eigenvalue weighted by Crippen LogP contribution is 2.56. The predicted octanol–water partition coefficient (Wildman–Crippen LogP) is 4.14. The maximum absolute atomic E-state index is 15.0. The Bertz CT molecular complexity index is 1990. The van der Waals surface area contributed by atoms with Gasteiger partial charge in [-0.25, -0.2) is 4.79 Å². The van der Waals surface area contributed by atoms with Crippen molar-refractivity contribution in [3.63, 3.8) is 0 Å². The second-order valence-corrected chi connectivity index (χ2v) is 12.0. The fourth-order valence-corrected chi connectivity index (χ4v) is 6.78. The minimum atomic E-state index is -2.00. The molecular weight excluding hydrogens is 602 g/mol. The van der Waals surface area contributed by atoms with Gasteiger partial charge < -0.3 is 24.3 Å². The summed E-state index contributed by atoms with van der Waals surface area (Å²) in [7, 11) is 5.75. The van der Waals surface area contributed by atoms with E-state index >= 15 is 4.79 Å². The van der Waals surface area contributed by atoms with Crippen molar-refractivity contribution >= 4 is 29.0 Å². The fourth-order valence-electron chi connectivity index (χ4n) is 6.51. The number of benzene rings is 2. The van der Waals surface area contributed by atoms with Crippen molar-refractivity contribution in [2.45, 2.75) is 31.8 Å². The van der Waals surface area contributed by atoms with Crippen molar-refractivity contribution in [2.75, 3.05) is 26.1 Å². The smallest absolute Gasteiger partial charge is 0.332 e. The number of carbonyl (C=O) groups is 2. The molecule has 1 aliphatic carbocycles. The summed E-state index contributed by atoms with van der Waals surface area (Å²) in [6.07, 6.45) is 0.184. The lowest BCUT2D eigenvalue weighted by Crippen LogP contribution is -2.58. The van der Waals surface area contributed by atoms with Gasteiger partial charge in [-0.15, -0.1) is 0 Å². The summed E-state index contributed by atoms with van der Waals surface area (Å²) in [4.78, 5) is 56.3. The van der Waals surface area contributed by atoms with Gasteiger partial charge in [-0.3, -0.25) is 23.5 Å². The summed E-state index contributed by atoms with van der Waals surface area (Å²) in [6.45, 7) is 7.73. The number of aromatic nitrogens is 2. The number of methoxy groups -OCH3 is 2. The molecule has 0 amide bonds. The van der Waals surface area contributed by atoms with Crippen LogP contribution in [0.15, 0.2) is 63.3 Å². The van der Waals surface area contributed by atoms with Crippen molar-refractivity contribution in [3.8, 4) is 23.0 Å². The molecule has 3 heterocycles. The van der Waals surface area contributed by atoms with Gasteiger partial charge in [-0.05, 0) is 36.6 Å². The molecule has 2 aromatic carbocycles.